The number of hydrogen-bond donors (Lipinski definition) is 1. The zero-order valence-electron chi connectivity index (χ0n) is 16.2. The van der Waals surface area contributed by atoms with Crippen molar-refractivity contribution in [2.75, 3.05) is 6.54 Å². The molecule has 0 aliphatic carbocycles. The molecule has 0 heterocycles. The number of hydrogen-bond acceptors (Lipinski definition) is 3. The number of benzene rings is 3. The Morgan fingerprint density at radius 2 is 1.74 bits per heavy atom. The van der Waals surface area contributed by atoms with E-state index in [0.717, 1.165) is 11.0 Å². The molecule has 0 aliphatic heterocycles. The highest BCUT2D eigenvalue weighted by Gasteiger charge is 2.20. The van der Waals surface area contributed by atoms with E-state index in [4.69, 9.17) is 16.3 Å². The van der Waals surface area contributed by atoms with E-state index >= 15 is 0 Å². The maximum atomic E-state index is 13.4. The summed E-state index contributed by atoms with van der Waals surface area (Å²) in [5, 5.41) is 9.09. The smallest absolute Gasteiger partial charge is 0.323 e. The van der Waals surface area contributed by atoms with Crippen molar-refractivity contribution in [3.63, 3.8) is 0 Å². The molecule has 3 rings (SSSR count). The van der Waals surface area contributed by atoms with Gasteiger partial charge in [0.1, 0.15) is 30.5 Å². The molecular formula is C23H18ClF2NO4. The van der Waals surface area contributed by atoms with Crippen LogP contribution < -0.4 is 4.74 Å². The molecule has 0 aliphatic rings. The van der Waals surface area contributed by atoms with Crippen LogP contribution in [0.5, 0.6) is 5.75 Å². The fraction of sp³-hybridized carbons (Fsp3) is 0.130. The van der Waals surface area contributed by atoms with Gasteiger partial charge in [-0.2, -0.15) is 0 Å². The average molecular weight is 446 g/mol. The normalized spacial score (nSPS) is 10.5. The highest BCUT2D eigenvalue weighted by atomic mass is 35.5. The first-order valence-electron chi connectivity index (χ1n) is 9.24. The summed E-state index contributed by atoms with van der Waals surface area (Å²) in [5.74, 6) is -2.35. The third-order valence-corrected chi connectivity index (χ3v) is 4.64. The van der Waals surface area contributed by atoms with Crippen molar-refractivity contribution in [1.82, 2.24) is 4.90 Å². The van der Waals surface area contributed by atoms with Crippen LogP contribution in [0.4, 0.5) is 8.78 Å². The fourth-order valence-electron chi connectivity index (χ4n) is 2.92. The van der Waals surface area contributed by atoms with E-state index in [1.165, 1.54) is 36.4 Å². The molecular weight excluding hydrogens is 428 g/mol. The number of amides is 1. The van der Waals surface area contributed by atoms with Gasteiger partial charge in [-0.15, -0.1) is 0 Å². The van der Waals surface area contributed by atoms with E-state index < -0.39 is 24.2 Å². The van der Waals surface area contributed by atoms with Gasteiger partial charge >= 0.3 is 5.97 Å². The van der Waals surface area contributed by atoms with Crippen molar-refractivity contribution in [2.45, 2.75) is 13.2 Å². The second kappa shape index (κ2) is 10.0. The molecule has 160 valence electrons. The van der Waals surface area contributed by atoms with Gasteiger partial charge in [-0.05, 0) is 53.6 Å². The monoisotopic (exact) mass is 445 g/mol. The van der Waals surface area contributed by atoms with Gasteiger partial charge < -0.3 is 14.7 Å². The van der Waals surface area contributed by atoms with Crippen LogP contribution in [0.25, 0.3) is 0 Å². The highest BCUT2D eigenvalue weighted by molar-refractivity contribution is 6.30. The predicted molar refractivity (Wildman–Crippen MR) is 111 cm³/mol. The predicted octanol–water partition coefficient (Wildman–Crippen LogP) is 4.92. The van der Waals surface area contributed by atoms with Gasteiger partial charge in [-0.25, -0.2) is 8.78 Å². The third kappa shape index (κ3) is 6.26. The number of halogens is 3. The van der Waals surface area contributed by atoms with E-state index in [0.29, 0.717) is 16.9 Å². The van der Waals surface area contributed by atoms with Crippen LogP contribution in [0.2, 0.25) is 5.02 Å². The maximum absolute atomic E-state index is 13.4. The molecule has 0 radical (unpaired) electrons. The number of rotatable bonds is 8. The molecule has 0 saturated carbocycles. The van der Waals surface area contributed by atoms with Crippen LogP contribution in [0, 0.1) is 11.6 Å². The molecule has 0 fully saturated rings. The van der Waals surface area contributed by atoms with Crippen molar-refractivity contribution in [1.29, 1.82) is 0 Å². The quantitative estimate of drug-likeness (QED) is 0.534. The minimum atomic E-state index is -1.19. The molecule has 5 nitrogen and oxygen atoms in total. The van der Waals surface area contributed by atoms with Crippen LogP contribution in [0.1, 0.15) is 21.5 Å². The molecule has 8 heteroatoms. The van der Waals surface area contributed by atoms with Gasteiger partial charge in [-0.3, -0.25) is 9.59 Å². The molecule has 0 aromatic heterocycles. The summed E-state index contributed by atoms with van der Waals surface area (Å²) in [4.78, 5) is 25.3. The van der Waals surface area contributed by atoms with Crippen LogP contribution in [0.15, 0.2) is 66.7 Å². The van der Waals surface area contributed by atoms with Crippen molar-refractivity contribution in [3.8, 4) is 5.75 Å². The van der Waals surface area contributed by atoms with Gasteiger partial charge in [0.05, 0.1) is 5.02 Å². The number of carbonyl (C=O) groups is 2. The highest BCUT2D eigenvalue weighted by Crippen LogP contribution is 2.20. The summed E-state index contributed by atoms with van der Waals surface area (Å²) in [6.45, 7) is -0.524. The molecule has 1 N–H and O–H groups in total. The second-order valence-electron chi connectivity index (χ2n) is 6.75. The van der Waals surface area contributed by atoms with Gasteiger partial charge in [0.15, 0.2) is 0 Å². The number of ether oxygens (including phenoxy) is 1. The van der Waals surface area contributed by atoms with Crippen molar-refractivity contribution < 1.29 is 28.2 Å². The Kier molecular flexibility index (Phi) is 7.20. The minimum absolute atomic E-state index is 0.0699. The standard InChI is InChI=1S/C23H18ClF2NO4/c24-20-10-15(7-8-21(20)26)12-27(13-22(28)29)23(30)17-4-2-6-19(11-17)31-14-16-3-1-5-18(25)9-16/h1-11H,12-14H2,(H,28,29). The van der Waals surface area contributed by atoms with Crippen LogP contribution in [-0.2, 0) is 17.9 Å². The summed E-state index contributed by atoms with van der Waals surface area (Å²) in [5.41, 5.74) is 1.32. The molecule has 0 bridgehead atoms. The average Bonchev–Trinajstić information content (AvgIpc) is 2.74. The lowest BCUT2D eigenvalue weighted by molar-refractivity contribution is -0.137. The van der Waals surface area contributed by atoms with Gasteiger partial charge in [0, 0.05) is 12.1 Å². The van der Waals surface area contributed by atoms with E-state index in [2.05, 4.69) is 0 Å². The summed E-state index contributed by atoms with van der Waals surface area (Å²) < 4.78 is 32.3. The van der Waals surface area contributed by atoms with Crippen LogP contribution in [0.3, 0.4) is 0 Å². The van der Waals surface area contributed by atoms with E-state index in [-0.39, 0.29) is 29.6 Å². The largest absolute Gasteiger partial charge is 0.489 e. The Hall–Kier alpha value is -3.45. The molecule has 0 saturated heterocycles. The van der Waals surface area contributed by atoms with Gasteiger partial charge in [-0.1, -0.05) is 35.9 Å². The van der Waals surface area contributed by atoms with Crippen LogP contribution >= 0.6 is 11.6 Å². The van der Waals surface area contributed by atoms with Gasteiger partial charge in [0.25, 0.3) is 5.91 Å². The minimum Gasteiger partial charge on any atom is -0.489 e. The zero-order chi connectivity index (χ0) is 22.4. The summed E-state index contributed by atoms with van der Waals surface area (Å²) in [6.07, 6.45) is 0. The topological polar surface area (TPSA) is 66.8 Å². The fourth-order valence-corrected chi connectivity index (χ4v) is 3.12. The Morgan fingerprint density at radius 3 is 2.45 bits per heavy atom. The molecule has 1 amide bonds. The Labute approximate surface area is 182 Å². The first-order valence-corrected chi connectivity index (χ1v) is 9.62. The lowest BCUT2D eigenvalue weighted by atomic mass is 10.1. The van der Waals surface area contributed by atoms with E-state index in [1.54, 1.807) is 24.3 Å². The summed E-state index contributed by atoms with van der Waals surface area (Å²) in [7, 11) is 0. The SMILES string of the molecule is O=C(O)CN(Cc1ccc(F)c(Cl)c1)C(=O)c1cccc(OCc2cccc(F)c2)c1. The number of carboxylic acid groups (broad SMARTS) is 1. The maximum Gasteiger partial charge on any atom is 0.323 e. The van der Waals surface area contributed by atoms with Crippen molar-refractivity contribution in [3.05, 3.63) is 100 Å². The van der Waals surface area contributed by atoms with Crippen molar-refractivity contribution >= 4 is 23.5 Å². The van der Waals surface area contributed by atoms with Gasteiger partial charge in [0.2, 0.25) is 0 Å². The first-order chi connectivity index (χ1) is 14.8. The molecule has 0 spiro atoms. The lowest BCUT2D eigenvalue weighted by Gasteiger charge is -2.21. The van der Waals surface area contributed by atoms with E-state index in [9.17, 15) is 23.5 Å². The van der Waals surface area contributed by atoms with Crippen LogP contribution in [-0.4, -0.2) is 28.4 Å². The lowest BCUT2D eigenvalue weighted by Crippen LogP contribution is -2.35. The van der Waals surface area contributed by atoms with Crippen molar-refractivity contribution in [2.24, 2.45) is 0 Å². The second-order valence-corrected chi connectivity index (χ2v) is 7.16. The Morgan fingerprint density at radius 1 is 0.968 bits per heavy atom. The zero-order valence-corrected chi connectivity index (χ0v) is 17.0. The molecule has 3 aromatic carbocycles. The Balaban J connectivity index is 1.76. The number of nitrogens with zero attached hydrogens (tertiary/aromatic N) is 1. The molecule has 0 atom stereocenters. The molecule has 31 heavy (non-hydrogen) atoms. The number of aliphatic carboxylic acids is 1. The number of carbonyl (C=O) groups excluding carboxylic acids is 1. The molecule has 0 unspecified atom stereocenters. The Bertz CT molecular complexity index is 1110. The third-order valence-electron chi connectivity index (χ3n) is 4.35. The molecule has 3 aromatic rings. The number of carboxylic acids is 1. The van der Waals surface area contributed by atoms with E-state index in [1.807, 2.05) is 0 Å². The summed E-state index contributed by atoms with van der Waals surface area (Å²) in [6, 6.07) is 16.1. The first kappa shape index (κ1) is 22.2. The summed E-state index contributed by atoms with van der Waals surface area (Å²) >= 11 is 5.78.